The molecule has 1 saturated heterocycles. The van der Waals surface area contributed by atoms with E-state index in [0.717, 1.165) is 35.8 Å². The van der Waals surface area contributed by atoms with Crippen LogP contribution in [0.15, 0.2) is 48.8 Å². The molecule has 1 fully saturated rings. The summed E-state index contributed by atoms with van der Waals surface area (Å²) in [6.07, 6.45) is 3.55. The van der Waals surface area contributed by atoms with Gasteiger partial charge in [-0.2, -0.15) is 0 Å². The van der Waals surface area contributed by atoms with E-state index in [2.05, 4.69) is 59.0 Å². The molecule has 0 amide bonds. The second-order valence-corrected chi connectivity index (χ2v) is 11.3. The van der Waals surface area contributed by atoms with Gasteiger partial charge in [-0.05, 0) is 55.2 Å². The van der Waals surface area contributed by atoms with E-state index in [1.165, 1.54) is 6.33 Å². The second-order valence-electron chi connectivity index (χ2n) is 9.75. The Labute approximate surface area is 222 Å². The van der Waals surface area contributed by atoms with E-state index in [1.807, 2.05) is 24.3 Å². The van der Waals surface area contributed by atoms with Crippen LogP contribution in [-0.4, -0.2) is 38.3 Å². The fourth-order valence-corrected chi connectivity index (χ4v) is 6.26. The van der Waals surface area contributed by atoms with Crippen molar-refractivity contribution in [2.24, 2.45) is 5.92 Å². The summed E-state index contributed by atoms with van der Waals surface area (Å²) in [7, 11) is -1.41. The lowest BCUT2D eigenvalue weighted by Gasteiger charge is -2.25. The van der Waals surface area contributed by atoms with Crippen molar-refractivity contribution in [1.82, 2.24) is 24.6 Å². The number of nitrogens with one attached hydrogen (secondary N) is 1. The van der Waals surface area contributed by atoms with Crippen LogP contribution in [0.3, 0.4) is 0 Å². The smallest absolute Gasteiger partial charge is 0.318 e. The monoisotopic (exact) mass is 542 g/mol. The van der Waals surface area contributed by atoms with Gasteiger partial charge in [0.2, 0.25) is 5.28 Å². The summed E-state index contributed by atoms with van der Waals surface area (Å²) in [5, 5.41) is 6.02. The molecule has 4 atom stereocenters. The number of nitrogens with zero attached hydrogens (tertiary/aromatic N) is 4. The van der Waals surface area contributed by atoms with Crippen LogP contribution >= 0.6 is 20.1 Å². The Hall–Kier alpha value is -2.55. The number of hydrogen-bond acceptors (Lipinski definition) is 8. The van der Waals surface area contributed by atoms with E-state index in [0.29, 0.717) is 29.5 Å². The first-order valence-corrected chi connectivity index (χ1v) is 14.1. The molecule has 2 aromatic carbocycles. The molecule has 11 heteroatoms. The number of rotatable bonds is 10. The maximum absolute atomic E-state index is 6.44. The van der Waals surface area contributed by atoms with Crippen LogP contribution in [0.4, 0.5) is 5.82 Å². The lowest BCUT2D eigenvalue weighted by Crippen LogP contribution is -2.27. The van der Waals surface area contributed by atoms with E-state index >= 15 is 0 Å². The van der Waals surface area contributed by atoms with Crippen LogP contribution in [0.5, 0.6) is 5.75 Å². The Morgan fingerprint density at radius 3 is 2.81 bits per heavy atom. The minimum atomic E-state index is -1.41. The molecule has 0 bridgehead atoms. The van der Waals surface area contributed by atoms with E-state index in [4.69, 9.17) is 31.1 Å². The Morgan fingerprint density at radius 1 is 1.16 bits per heavy atom. The molecule has 4 unspecified atom stereocenters. The highest BCUT2D eigenvalue weighted by Gasteiger charge is 2.32. The van der Waals surface area contributed by atoms with Crippen LogP contribution < -0.4 is 15.3 Å². The number of aromatic nitrogens is 4. The maximum atomic E-state index is 6.44. The van der Waals surface area contributed by atoms with Gasteiger partial charge in [-0.15, -0.1) is 0 Å². The molecular formula is C26H32ClN6O3P. The number of ether oxygens (including phenoxy) is 1. The van der Waals surface area contributed by atoms with Gasteiger partial charge in [0.25, 0.3) is 0 Å². The van der Waals surface area contributed by atoms with Gasteiger partial charge < -0.3 is 19.5 Å². The predicted octanol–water partition coefficient (Wildman–Crippen LogP) is 6.24. The number of benzene rings is 2. The Bertz CT molecular complexity index is 1360. The number of nitrogen functional groups attached to an aromatic ring is 1. The molecule has 0 radical (unpaired) electrons. The van der Waals surface area contributed by atoms with Crippen molar-refractivity contribution in [3.63, 3.8) is 0 Å². The lowest BCUT2D eigenvalue weighted by molar-refractivity contribution is -0.0156. The highest BCUT2D eigenvalue weighted by atomic mass is 35.5. The summed E-state index contributed by atoms with van der Waals surface area (Å²) < 4.78 is 20.9. The molecule has 1 aliphatic rings. The molecule has 3 N–H and O–H groups in total. The average molecular weight is 543 g/mol. The Balaban J connectivity index is 1.28. The van der Waals surface area contributed by atoms with Crippen molar-refractivity contribution in [3.8, 4) is 5.75 Å². The van der Waals surface area contributed by atoms with Gasteiger partial charge in [0.05, 0.1) is 12.7 Å². The zero-order valence-corrected chi connectivity index (χ0v) is 22.8. The summed E-state index contributed by atoms with van der Waals surface area (Å²) in [4.78, 5) is 12.6. The zero-order valence-electron chi connectivity index (χ0n) is 21.2. The van der Waals surface area contributed by atoms with Gasteiger partial charge in [0, 0.05) is 11.4 Å². The van der Waals surface area contributed by atoms with Crippen LogP contribution in [0, 0.1) is 5.92 Å². The molecule has 196 valence electrons. The summed E-state index contributed by atoms with van der Waals surface area (Å²) in [6.45, 7) is 6.97. The second kappa shape index (κ2) is 11.5. The normalized spacial score (nSPS) is 19.6. The SMILES string of the molecule is CC(C)CC(C)NP(OCC1CCC(n2c(Cl)nc3c(N)ncnc32)O1)Oc1cccc2ccccc12. The van der Waals surface area contributed by atoms with Crippen LogP contribution in [0.25, 0.3) is 21.9 Å². The van der Waals surface area contributed by atoms with Crippen molar-refractivity contribution in [2.75, 3.05) is 12.3 Å². The number of halogens is 1. The minimum Gasteiger partial charge on any atom is -0.435 e. The van der Waals surface area contributed by atoms with Crippen LogP contribution in [0.2, 0.25) is 5.28 Å². The van der Waals surface area contributed by atoms with E-state index in [9.17, 15) is 0 Å². The van der Waals surface area contributed by atoms with Crippen molar-refractivity contribution >= 4 is 47.9 Å². The number of imidazole rings is 1. The molecule has 0 aliphatic carbocycles. The summed E-state index contributed by atoms with van der Waals surface area (Å²) in [5.41, 5.74) is 6.99. The summed E-state index contributed by atoms with van der Waals surface area (Å²) in [5.74, 6) is 1.65. The third-order valence-electron chi connectivity index (χ3n) is 6.29. The molecule has 4 aromatic rings. The van der Waals surface area contributed by atoms with Crippen LogP contribution in [0.1, 0.15) is 46.3 Å². The standard InChI is InChI=1S/C26H32ClN6O3P/c1-16(2)13-17(3)32-37(36-21-10-6-8-18-7-4-5-9-20(18)21)34-14-19-11-12-22(35-19)33-25-23(31-26(33)27)24(28)29-15-30-25/h4-10,15-17,19,22,32H,11-14H2,1-3H3,(H2,28,29,30). The van der Waals surface area contributed by atoms with Gasteiger partial charge in [-0.1, -0.05) is 50.2 Å². The molecule has 0 saturated carbocycles. The van der Waals surface area contributed by atoms with Crippen LogP contribution in [-0.2, 0) is 9.26 Å². The largest absolute Gasteiger partial charge is 0.435 e. The Morgan fingerprint density at radius 2 is 1.97 bits per heavy atom. The van der Waals surface area contributed by atoms with Gasteiger partial charge >= 0.3 is 8.53 Å². The molecule has 3 heterocycles. The molecule has 0 spiro atoms. The first-order valence-electron chi connectivity index (χ1n) is 12.5. The quantitative estimate of drug-likeness (QED) is 0.179. The number of anilines is 1. The maximum Gasteiger partial charge on any atom is 0.318 e. The zero-order chi connectivity index (χ0) is 25.9. The Kier molecular flexibility index (Phi) is 8.07. The number of hydrogen-bond donors (Lipinski definition) is 2. The lowest BCUT2D eigenvalue weighted by atomic mass is 10.1. The molecule has 1 aliphatic heterocycles. The number of fused-ring (bicyclic) bond motifs is 2. The summed E-state index contributed by atoms with van der Waals surface area (Å²) >= 11 is 6.42. The van der Waals surface area contributed by atoms with Crippen molar-refractivity contribution in [2.45, 2.75) is 58.4 Å². The molecule has 2 aromatic heterocycles. The average Bonchev–Trinajstić information content (AvgIpc) is 3.46. The molecule has 37 heavy (non-hydrogen) atoms. The van der Waals surface area contributed by atoms with Crippen molar-refractivity contribution in [3.05, 3.63) is 54.1 Å². The highest BCUT2D eigenvalue weighted by molar-refractivity contribution is 7.45. The highest BCUT2D eigenvalue weighted by Crippen LogP contribution is 2.41. The van der Waals surface area contributed by atoms with Gasteiger partial charge in [0.15, 0.2) is 17.0 Å². The third kappa shape index (κ3) is 5.97. The summed E-state index contributed by atoms with van der Waals surface area (Å²) in [6, 6.07) is 14.5. The first kappa shape index (κ1) is 26.1. The van der Waals surface area contributed by atoms with E-state index < -0.39 is 8.53 Å². The third-order valence-corrected chi connectivity index (χ3v) is 7.96. The van der Waals surface area contributed by atoms with E-state index in [-0.39, 0.29) is 23.7 Å². The first-order chi connectivity index (χ1) is 17.9. The minimum absolute atomic E-state index is 0.124. The predicted molar refractivity (Wildman–Crippen MR) is 147 cm³/mol. The fraction of sp³-hybridized carbons (Fsp3) is 0.423. The van der Waals surface area contributed by atoms with Crippen molar-refractivity contribution in [1.29, 1.82) is 0 Å². The number of nitrogens with two attached hydrogens (primary N) is 1. The van der Waals surface area contributed by atoms with E-state index in [1.54, 1.807) is 4.57 Å². The topological polar surface area (TPSA) is 109 Å². The van der Waals surface area contributed by atoms with Gasteiger partial charge in [0.1, 0.15) is 18.3 Å². The van der Waals surface area contributed by atoms with Gasteiger partial charge in [-0.25, -0.2) is 20.0 Å². The molecular weight excluding hydrogens is 511 g/mol. The van der Waals surface area contributed by atoms with Crippen molar-refractivity contribution < 1.29 is 13.8 Å². The van der Waals surface area contributed by atoms with Gasteiger partial charge in [-0.3, -0.25) is 4.57 Å². The molecule has 9 nitrogen and oxygen atoms in total. The molecule has 5 rings (SSSR count). The fourth-order valence-electron chi connectivity index (χ4n) is 4.70.